The quantitative estimate of drug-likeness (QED) is 0.847. The number of aryl methyl sites for hydroxylation is 1. The fraction of sp³-hybridized carbons (Fsp3) is 0.583. The van der Waals surface area contributed by atoms with Crippen LogP contribution >= 0.6 is 0 Å². The van der Waals surface area contributed by atoms with Crippen LogP contribution in [0, 0.1) is 12.8 Å². The molecule has 0 radical (unpaired) electrons. The van der Waals surface area contributed by atoms with Crippen LogP contribution in [0.2, 0.25) is 0 Å². The number of oxazole rings is 1. The van der Waals surface area contributed by atoms with Gasteiger partial charge in [-0.3, -0.25) is 9.59 Å². The van der Waals surface area contributed by atoms with Crippen LogP contribution in [0.25, 0.3) is 0 Å². The Labute approximate surface area is 104 Å². The topological polar surface area (TPSA) is 92.4 Å². The smallest absolute Gasteiger partial charge is 0.306 e. The lowest BCUT2D eigenvalue weighted by molar-refractivity contribution is -0.143. The van der Waals surface area contributed by atoms with Crippen LogP contribution in [0.5, 0.6) is 0 Å². The summed E-state index contributed by atoms with van der Waals surface area (Å²) in [7, 11) is 0. The van der Waals surface area contributed by atoms with Crippen molar-refractivity contribution in [3.8, 4) is 0 Å². The summed E-state index contributed by atoms with van der Waals surface area (Å²) in [5.41, 5.74) is 0.540. The molecule has 0 spiro atoms. The average Bonchev–Trinajstić information content (AvgIpc) is 2.76. The Balaban J connectivity index is 1.95. The molecule has 1 fully saturated rings. The third kappa shape index (κ3) is 2.69. The predicted molar refractivity (Wildman–Crippen MR) is 62.1 cm³/mol. The zero-order valence-electron chi connectivity index (χ0n) is 10.2. The summed E-state index contributed by atoms with van der Waals surface area (Å²) in [6.45, 7) is 1.69. The molecule has 1 aromatic rings. The summed E-state index contributed by atoms with van der Waals surface area (Å²) in [5, 5.41) is 11.8. The maximum absolute atomic E-state index is 11.9. The van der Waals surface area contributed by atoms with Crippen molar-refractivity contribution in [3.05, 3.63) is 17.8 Å². The van der Waals surface area contributed by atoms with Crippen molar-refractivity contribution in [1.82, 2.24) is 10.3 Å². The monoisotopic (exact) mass is 252 g/mol. The molecule has 6 heteroatoms. The highest BCUT2D eigenvalue weighted by molar-refractivity contribution is 5.92. The van der Waals surface area contributed by atoms with Gasteiger partial charge in [0.2, 0.25) is 5.76 Å². The van der Waals surface area contributed by atoms with E-state index >= 15 is 0 Å². The Morgan fingerprint density at radius 1 is 1.50 bits per heavy atom. The summed E-state index contributed by atoms with van der Waals surface area (Å²) < 4.78 is 5.00. The molecule has 6 nitrogen and oxygen atoms in total. The second kappa shape index (κ2) is 5.20. The van der Waals surface area contributed by atoms with Crippen molar-refractivity contribution in [1.29, 1.82) is 0 Å². The van der Waals surface area contributed by atoms with Gasteiger partial charge < -0.3 is 14.8 Å². The predicted octanol–water partition coefficient (Wildman–Crippen LogP) is 1.36. The lowest BCUT2D eigenvalue weighted by Crippen LogP contribution is -2.40. The van der Waals surface area contributed by atoms with Crippen molar-refractivity contribution in [3.63, 3.8) is 0 Å². The maximum atomic E-state index is 11.9. The first-order valence-electron chi connectivity index (χ1n) is 6.01. The minimum absolute atomic E-state index is 0.100. The van der Waals surface area contributed by atoms with E-state index in [-0.39, 0.29) is 23.6 Å². The number of hydrogen-bond donors (Lipinski definition) is 2. The van der Waals surface area contributed by atoms with E-state index in [2.05, 4.69) is 10.3 Å². The number of nitrogens with one attached hydrogen (secondary N) is 1. The molecule has 0 aliphatic heterocycles. The third-order valence-corrected chi connectivity index (χ3v) is 3.31. The van der Waals surface area contributed by atoms with E-state index in [4.69, 9.17) is 9.52 Å². The first-order valence-corrected chi connectivity index (χ1v) is 6.01. The van der Waals surface area contributed by atoms with E-state index in [1.54, 1.807) is 6.92 Å². The number of nitrogens with zero attached hydrogens (tertiary/aromatic N) is 1. The highest BCUT2D eigenvalue weighted by Gasteiger charge is 2.28. The molecular weight excluding hydrogens is 236 g/mol. The second-order valence-corrected chi connectivity index (χ2v) is 4.64. The molecule has 0 aromatic carbocycles. The number of amides is 1. The van der Waals surface area contributed by atoms with Gasteiger partial charge in [-0.15, -0.1) is 0 Å². The molecule has 2 atom stereocenters. The number of aliphatic carboxylic acids is 1. The molecule has 1 saturated carbocycles. The molecule has 1 amide bonds. The minimum Gasteiger partial charge on any atom is -0.481 e. The van der Waals surface area contributed by atoms with Gasteiger partial charge in [-0.2, -0.15) is 0 Å². The third-order valence-electron chi connectivity index (χ3n) is 3.31. The van der Waals surface area contributed by atoms with Gasteiger partial charge in [0.15, 0.2) is 6.39 Å². The maximum Gasteiger partial charge on any atom is 0.306 e. The fourth-order valence-corrected chi connectivity index (χ4v) is 2.32. The minimum atomic E-state index is -0.787. The Hall–Kier alpha value is -1.85. The van der Waals surface area contributed by atoms with Crippen LogP contribution in [-0.2, 0) is 4.79 Å². The lowest BCUT2D eigenvalue weighted by Gasteiger charge is -2.27. The van der Waals surface area contributed by atoms with E-state index in [1.165, 1.54) is 6.39 Å². The van der Waals surface area contributed by atoms with Crippen molar-refractivity contribution >= 4 is 11.9 Å². The molecule has 1 aliphatic rings. The number of carbonyl (C=O) groups excluding carboxylic acids is 1. The fourth-order valence-electron chi connectivity index (χ4n) is 2.32. The van der Waals surface area contributed by atoms with Crippen molar-refractivity contribution in [2.24, 2.45) is 5.92 Å². The van der Waals surface area contributed by atoms with E-state index in [1.807, 2.05) is 0 Å². The largest absolute Gasteiger partial charge is 0.481 e. The molecule has 98 valence electrons. The van der Waals surface area contributed by atoms with Gasteiger partial charge in [-0.25, -0.2) is 4.98 Å². The number of rotatable bonds is 3. The van der Waals surface area contributed by atoms with Crippen LogP contribution in [-0.4, -0.2) is 28.0 Å². The Morgan fingerprint density at radius 2 is 2.28 bits per heavy atom. The molecule has 1 heterocycles. The van der Waals surface area contributed by atoms with Crippen LogP contribution in [0.4, 0.5) is 0 Å². The standard InChI is InChI=1S/C12H16N2O4/c1-7-10(18-6-13-7)11(15)14-9-4-2-3-8(5-9)12(16)17/h6,8-9H,2-5H2,1H3,(H,14,15)(H,16,17). The Morgan fingerprint density at radius 3 is 2.89 bits per heavy atom. The van der Waals surface area contributed by atoms with E-state index in [0.29, 0.717) is 18.5 Å². The van der Waals surface area contributed by atoms with E-state index in [0.717, 1.165) is 12.8 Å². The average molecular weight is 252 g/mol. The van der Waals surface area contributed by atoms with Crippen LogP contribution in [0.1, 0.15) is 41.9 Å². The van der Waals surface area contributed by atoms with Crippen LogP contribution in [0.3, 0.4) is 0 Å². The van der Waals surface area contributed by atoms with Gasteiger partial charge in [0.25, 0.3) is 5.91 Å². The first-order chi connectivity index (χ1) is 8.58. The zero-order valence-corrected chi connectivity index (χ0v) is 10.2. The van der Waals surface area contributed by atoms with Crippen molar-refractivity contribution < 1.29 is 19.1 Å². The molecule has 1 aliphatic carbocycles. The second-order valence-electron chi connectivity index (χ2n) is 4.64. The Kier molecular flexibility index (Phi) is 3.64. The number of hydrogen-bond acceptors (Lipinski definition) is 4. The number of aromatic nitrogens is 1. The molecule has 2 unspecified atom stereocenters. The number of carbonyl (C=O) groups is 2. The van der Waals surface area contributed by atoms with E-state index < -0.39 is 5.97 Å². The normalized spacial score (nSPS) is 23.6. The molecular formula is C12H16N2O4. The number of carboxylic acid groups (broad SMARTS) is 1. The number of carboxylic acids is 1. The summed E-state index contributed by atoms with van der Waals surface area (Å²) in [6.07, 6.45) is 4.02. The summed E-state index contributed by atoms with van der Waals surface area (Å²) in [6, 6.07) is -0.100. The highest BCUT2D eigenvalue weighted by atomic mass is 16.4. The van der Waals surface area contributed by atoms with Crippen LogP contribution < -0.4 is 5.32 Å². The SMILES string of the molecule is Cc1ncoc1C(=O)NC1CCCC(C(=O)O)C1. The van der Waals surface area contributed by atoms with Gasteiger partial charge in [-0.05, 0) is 26.2 Å². The van der Waals surface area contributed by atoms with Crippen molar-refractivity contribution in [2.75, 3.05) is 0 Å². The molecule has 18 heavy (non-hydrogen) atoms. The Bertz CT molecular complexity index is 455. The van der Waals surface area contributed by atoms with Crippen molar-refractivity contribution in [2.45, 2.75) is 38.6 Å². The summed E-state index contributed by atoms with van der Waals surface area (Å²) >= 11 is 0. The molecule has 0 saturated heterocycles. The highest BCUT2D eigenvalue weighted by Crippen LogP contribution is 2.24. The first kappa shape index (κ1) is 12.6. The molecule has 0 bridgehead atoms. The van der Waals surface area contributed by atoms with Crippen LogP contribution in [0.15, 0.2) is 10.8 Å². The van der Waals surface area contributed by atoms with Gasteiger partial charge in [0.1, 0.15) is 0 Å². The summed E-state index contributed by atoms with van der Waals surface area (Å²) in [5.74, 6) is -1.27. The van der Waals surface area contributed by atoms with E-state index in [9.17, 15) is 9.59 Å². The molecule has 1 aromatic heterocycles. The molecule has 2 N–H and O–H groups in total. The lowest BCUT2D eigenvalue weighted by atomic mass is 9.86. The molecule has 2 rings (SSSR count). The van der Waals surface area contributed by atoms with Gasteiger partial charge >= 0.3 is 5.97 Å². The van der Waals surface area contributed by atoms with Gasteiger partial charge in [0, 0.05) is 6.04 Å². The van der Waals surface area contributed by atoms with Gasteiger partial charge in [0.05, 0.1) is 11.6 Å². The zero-order chi connectivity index (χ0) is 13.1. The summed E-state index contributed by atoms with van der Waals surface area (Å²) in [4.78, 5) is 26.7. The van der Waals surface area contributed by atoms with Gasteiger partial charge in [-0.1, -0.05) is 6.42 Å².